The van der Waals surface area contributed by atoms with Crippen molar-refractivity contribution in [1.82, 2.24) is 9.97 Å². The van der Waals surface area contributed by atoms with E-state index in [0.29, 0.717) is 33.8 Å². The zero-order valence-corrected chi connectivity index (χ0v) is 18.5. The van der Waals surface area contributed by atoms with E-state index in [1.165, 1.54) is 6.20 Å². The van der Waals surface area contributed by atoms with Crippen molar-refractivity contribution < 1.29 is 9.59 Å². The van der Waals surface area contributed by atoms with Crippen molar-refractivity contribution in [3.05, 3.63) is 82.1 Å². The van der Waals surface area contributed by atoms with Crippen molar-refractivity contribution >= 4 is 55.8 Å². The number of rotatable bonds is 5. The predicted molar refractivity (Wildman–Crippen MR) is 127 cm³/mol. The van der Waals surface area contributed by atoms with Gasteiger partial charge in [-0.1, -0.05) is 28.1 Å². The zero-order chi connectivity index (χ0) is 22.0. The van der Waals surface area contributed by atoms with Crippen LogP contribution in [0.25, 0.3) is 11.0 Å². The minimum atomic E-state index is -0.293. The van der Waals surface area contributed by atoms with Crippen molar-refractivity contribution in [3.63, 3.8) is 0 Å². The van der Waals surface area contributed by atoms with Gasteiger partial charge in [0, 0.05) is 46.2 Å². The lowest BCUT2D eigenvalue weighted by atomic mass is 10.1. The molecule has 0 atom stereocenters. The lowest BCUT2D eigenvalue weighted by molar-refractivity contribution is 0.101. The van der Waals surface area contributed by atoms with Crippen LogP contribution in [-0.2, 0) is 0 Å². The van der Waals surface area contributed by atoms with Gasteiger partial charge in [0.05, 0.1) is 11.3 Å². The van der Waals surface area contributed by atoms with E-state index in [2.05, 4.69) is 41.8 Å². The van der Waals surface area contributed by atoms with Gasteiger partial charge in [-0.3, -0.25) is 9.59 Å². The van der Waals surface area contributed by atoms with Crippen LogP contribution in [0.4, 0.5) is 17.1 Å². The summed E-state index contributed by atoms with van der Waals surface area (Å²) >= 11 is 3.37. The molecule has 2 amide bonds. The normalized spacial score (nSPS) is 10.7. The van der Waals surface area contributed by atoms with E-state index in [-0.39, 0.29) is 11.8 Å². The number of amides is 2. The van der Waals surface area contributed by atoms with Gasteiger partial charge >= 0.3 is 0 Å². The van der Waals surface area contributed by atoms with Crippen LogP contribution in [0.1, 0.15) is 26.3 Å². The Balaban J connectivity index is 1.58. The predicted octanol–water partition coefficient (Wildman–Crippen LogP) is 5.18. The highest BCUT2D eigenvalue weighted by molar-refractivity contribution is 9.10. The van der Waals surface area contributed by atoms with Gasteiger partial charge in [0.15, 0.2) is 0 Å². The number of carbonyl (C=O) groups is 2. The summed E-state index contributed by atoms with van der Waals surface area (Å²) in [5.41, 5.74) is 4.42. The van der Waals surface area contributed by atoms with Crippen LogP contribution in [-0.4, -0.2) is 28.8 Å². The molecule has 8 heteroatoms. The summed E-state index contributed by atoms with van der Waals surface area (Å²) in [6.45, 7) is 1.89. The molecular weight excluding hydrogens is 458 g/mol. The van der Waals surface area contributed by atoms with E-state index in [1.807, 2.05) is 25.1 Å². The summed E-state index contributed by atoms with van der Waals surface area (Å²) in [6, 6.07) is 14.4. The Kier molecular flexibility index (Phi) is 5.73. The maximum Gasteiger partial charge on any atom is 0.259 e. The fourth-order valence-electron chi connectivity index (χ4n) is 3.31. The molecule has 0 aliphatic heterocycles. The van der Waals surface area contributed by atoms with Crippen LogP contribution in [0.5, 0.6) is 0 Å². The van der Waals surface area contributed by atoms with Gasteiger partial charge in [0.1, 0.15) is 5.65 Å². The van der Waals surface area contributed by atoms with E-state index in [1.54, 1.807) is 43.6 Å². The molecule has 0 aliphatic rings. The zero-order valence-electron chi connectivity index (χ0n) is 16.9. The molecule has 2 aromatic heterocycles. The number of anilines is 3. The molecule has 0 radical (unpaired) electrons. The van der Waals surface area contributed by atoms with E-state index in [4.69, 9.17) is 0 Å². The average molecular weight is 478 g/mol. The second-order valence-corrected chi connectivity index (χ2v) is 7.90. The molecule has 2 heterocycles. The molecule has 4 aromatic rings. The maximum absolute atomic E-state index is 13.0. The highest BCUT2D eigenvalue weighted by atomic mass is 79.9. The van der Waals surface area contributed by atoms with Crippen molar-refractivity contribution in [3.8, 4) is 0 Å². The number of nitrogens with zero attached hydrogens (tertiary/aromatic N) is 1. The molecule has 31 heavy (non-hydrogen) atoms. The van der Waals surface area contributed by atoms with Crippen LogP contribution in [0, 0.1) is 6.92 Å². The highest BCUT2D eigenvalue weighted by Gasteiger charge is 2.17. The molecule has 7 nitrogen and oxygen atoms in total. The number of aromatic amines is 1. The lowest BCUT2D eigenvalue weighted by Crippen LogP contribution is -2.16. The third-order valence-electron chi connectivity index (χ3n) is 4.91. The first-order chi connectivity index (χ1) is 15.0. The number of aryl methyl sites for hydroxylation is 1. The van der Waals surface area contributed by atoms with Crippen molar-refractivity contribution in [2.45, 2.75) is 6.92 Å². The molecule has 0 saturated carbocycles. The third-order valence-corrected chi connectivity index (χ3v) is 5.40. The van der Waals surface area contributed by atoms with Gasteiger partial charge in [-0.2, -0.15) is 0 Å². The molecule has 0 fully saturated rings. The van der Waals surface area contributed by atoms with Crippen LogP contribution in [0.15, 0.2) is 65.4 Å². The van der Waals surface area contributed by atoms with Crippen LogP contribution in [0.3, 0.4) is 0 Å². The Morgan fingerprint density at radius 1 is 1.03 bits per heavy atom. The van der Waals surface area contributed by atoms with Gasteiger partial charge in [-0.15, -0.1) is 0 Å². The number of nitrogens with one attached hydrogen (secondary N) is 4. The SMILES string of the molecule is CNc1c(C(=O)Nc2cc(NC(=O)c3cccc(Br)c3)ccc2C)cnc2[nH]ccc12. The maximum atomic E-state index is 13.0. The summed E-state index contributed by atoms with van der Waals surface area (Å²) in [6.07, 6.45) is 3.32. The van der Waals surface area contributed by atoms with E-state index >= 15 is 0 Å². The molecule has 0 aliphatic carbocycles. The molecule has 156 valence electrons. The number of carbonyl (C=O) groups excluding carboxylic acids is 2. The molecule has 4 N–H and O–H groups in total. The fraction of sp³-hybridized carbons (Fsp3) is 0.0870. The number of halogens is 1. The molecule has 0 bridgehead atoms. The first-order valence-corrected chi connectivity index (χ1v) is 10.4. The van der Waals surface area contributed by atoms with Gasteiger partial charge in [0.25, 0.3) is 11.8 Å². The molecule has 0 unspecified atom stereocenters. The Hall–Kier alpha value is -3.65. The summed E-state index contributed by atoms with van der Waals surface area (Å²) in [7, 11) is 1.77. The van der Waals surface area contributed by atoms with Gasteiger partial charge in [0.2, 0.25) is 0 Å². The first-order valence-electron chi connectivity index (χ1n) is 9.59. The highest BCUT2D eigenvalue weighted by Crippen LogP contribution is 2.27. The number of pyridine rings is 1. The number of hydrogen-bond donors (Lipinski definition) is 4. The molecular formula is C23H20BrN5O2. The van der Waals surface area contributed by atoms with Crippen LogP contribution < -0.4 is 16.0 Å². The minimum absolute atomic E-state index is 0.234. The first kappa shape index (κ1) is 20.6. The Morgan fingerprint density at radius 2 is 1.87 bits per heavy atom. The minimum Gasteiger partial charge on any atom is -0.387 e. The van der Waals surface area contributed by atoms with Crippen molar-refractivity contribution in [1.29, 1.82) is 0 Å². The van der Waals surface area contributed by atoms with Crippen LogP contribution in [0.2, 0.25) is 0 Å². The van der Waals surface area contributed by atoms with Crippen LogP contribution >= 0.6 is 15.9 Å². The van der Waals surface area contributed by atoms with E-state index in [9.17, 15) is 9.59 Å². The molecule has 0 spiro atoms. The lowest BCUT2D eigenvalue weighted by Gasteiger charge is -2.14. The summed E-state index contributed by atoms with van der Waals surface area (Å²) in [4.78, 5) is 32.9. The number of H-pyrrole nitrogens is 1. The third kappa shape index (κ3) is 4.29. The monoisotopic (exact) mass is 477 g/mol. The molecule has 2 aromatic carbocycles. The van der Waals surface area contributed by atoms with Crippen molar-refractivity contribution in [2.24, 2.45) is 0 Å². The number of hydrogen-bond acceptors (Lipinski definition) is 4. The van der Waals surface area contributed by atoms with Gasteiger partial charge < -0.3 is 20.9 Å². The smallest absolute Gasteiger partial charge is 0.259 e. The Labute approximate surface area is 187 Å². The number of aromatic nitrogens is 2. The van der Waals surface area contributed by atoms with Crippen molar-refractivity contribution in [2.75, 3.05) is 23.0 Å². The second kappa shape index (κ2) is 8.61. The summed E-state index contributed by atoms with van der Waals surface area (Å²) in [5, 5.41) is 9.72. The average Bonchev–Trinajstić information content (AvgIpc) is 3.24. The topological polar surface area (TPSA) is 98.9 Å². The Morgan fingerprint density at radius 3 is 2.65 bits per heavy atom. The molecule has 4 rings (SSSR count). The van der Waals surface area contributed by atoms with Gasteiger partial charge in [-0.25, -0.2) is 4.98 Å². The largest absolute Gasteiger partial charge is 0.387 e. The second-order valence-electron chi connectivity index (χ2n) is 6.99. The number of fused-ring (bicyclic) bond motifs is 1. The van der Waals surface area contributed by atoms with E-state index in [0.717, 1.165) is 15.4 Å². The molecule has 0 saturated heterocycles. The number of benzene rings is 2. The summed E-state index contributed by atoms with van der Waals surface area (Å²) in [5.74, 6) is -0.527. The van der Waals surface area contributed by atoms with Gasteiger partial charge in [-0.05, 0) is 48.9 Å². The quantitative estimate of drug-likeness (QED) is 0.318. The Bertz CT molecular complexity index is 1300. The summed E-state index contributed by atoms with van der Waals surface area (Å²) < 4.78 is 0.824. The standard InChI is InChI=1S/C23H20BrN5O2/c1-13-6-7-16(28-22(30)14-4-3-5-15(24)10-14)11-19(13)29-23(31)18-12-27-21-17(8-9-26-21)20(18)25-2/h3-12H,1-2H3,(H,28,30)(H,29,31)(H2,25,26,27). The fourth-order valence-corrected chi connectivity index (χ4v) is 3.71. The van der Waals surface area contributed by atoms with E-state index < -0.39 is 0 Å².